The second-order valence-electron chi connectivity index (χ2n) is 10.5. The van der Waals surface area contributed by atoms with Crippen molar-refractivity contribution in [3.05, 3.63) is 83.6 Å². The fourth-order valence-corrected chi connectivity index (χ4v) is 4.98. The number of carbonyl (C=O) groups is 2. The van der Waals surface area contributed by atoms with Gasteiger partial charge in [0.15, 0.2) is 0 Å². The minimum Gasteiger partial charge on any atom is -0.354 e. The van der Waals surface area contributed by atoms with Gasteiger partial charge in [-0.15, -0.1) is 0 Å². The molecule has 1 N–H and O–H groups in total. The van der Waals surface area contributed by atoms with E-state index in [1.807, 2.05) is 70.3 Å². The van der Waals surface area contributed by atoms with Crippen molar-refractivity contribution in [3.63, 3.8) is 0 Å². The number of piperazine rings is 1. The van der Waals surface area contributed by atoms with Crippen LogP contribution in [0.25, 0.3) is 0 Å². The molecule has 36 heavy (non-hydrogen) atoms. The first-order valence-corrected chi connectivity index (χ1v) is 12.5. The number of hydrogen-bond acceptors (Lipinski definition) is 5. The van der Waals surface area contributed by atoms with Gasteiger partial charge in [-0.1, -0.05) is 57.2 Å². The molecule has 1 atom stereocenters. The van der Waals surface area contributed by atoms with Gasteiger partial charge in [-0.3, -0.25) is 14.5 Å². The predicted octanol–water partition coefficient (Wildman–Crippen LogP) is 4.57. The third kappa shape index (κ3) is 4.46. The first-order chi connectivity index (χ1) is 17.2. The van der Waals surface area contributed by atoms with Crippen LogP contribution in [-0.2, 0) is 4.79 Å². The standard InChI is InChI=1S/C29H33N5O2/c1-29(2,3)28(36)31-20-13-14-25(30-19-20)33-15-17-34(18-16-33)26-21-9-5-6-10-22(21)27(35)32(4)24-12-8-7-11-23(24)26/h5-14,19,26H,15-18H2,1-4H3,(H,31,36). The number of nitrogens with one attached hydrogen (secondary N) is 1. The van der Waals surface area contributed by atoms with Crippen LogP contribution in [0.2, 0.25) is 0 Å². The normalized spacial score (nSPS) is 18.3. The quantitative estimate of drug-likeness (QED) is 0.591. The molecule has 2 aromatic carbocycles. The average molecular weight is 484 g/mol. The van der Waals surface area contributed by atoms with E-state index in [0.717, 1.165) is 54.4 Å². The predicted molar refractivity (Wildman–Crippen MR) is 144 cm³/mol. The molecule has 1 unspecified atom stereocenters. The summed E-state index contributed by atoms with van der Waals surface area (Å²) in [6.07, 6.45) is 1.73. The van der Waals surface area contributed by atoms with Crippen LogP contribution in [-0.4, -0.2) is 54.9 Å². The molecule has 1 fully saturated rings. The van der Waals surface area contributed by atoms with E-state index in [1.165, 1.54) is 0 Å². The van der Waals surface area contributed by atoms with Crippen molar-refractivity contribution in [2.75, 3.05) is 48.3 Å². The summed E-state index contributed by atoms with van der Waals surface area (Å²) < 4.78 is 0. The average Bonchev–Trinajstić information content (AvgIpc) is 2.97. The lowest BCUT2D eigenvalue weighted by molar-refractivity contribution is -0.123. The van der Waals surface area contributed by atoms with Crippen LogP contribution >= 0.6 is 0 Å². The lowest BCUT2D eigenvalue weighted by Gasteiger charge is -2.40. The van der Waals surface area contributed by atoms with Crippen molar-refractivity contribution in [2.45, 2.75) is 26.8 Å². The highest BCUT2D eigenvalue weighted by molar-refractivity contribution is 6.08. The first kappa shape index (κ1) is 24.0. The van der Waals surface area contributed by atoms with Crippen LogP contribution in [0.4, 0.5) is 17.2 Å². The number of fused-ring (bicyclic) bond motifs is 2. The number of carbonyl (C=O) groups excluding carboxylic acids is 2. The molecule has 186 valence electrons. The third-order valence-electron chi connectivity index (χ3n) is 7.07. The maximum absolute atomic E-state index is 13.3. The Morgan fingerprint density at radius 2 is 1.58 bits per heavy atom. The fourth-order valence-electron chi connectivity index (χ4n) is 4.98. The largest absolute Gasteiger partial charge is 0.354 e. The van der Waals surface area contributed by atoms with Gasteiger partial charge in [0.2, 0.25) is 5.91 Å². The number of nitrogens with zero attached hydrogens (tertiary/aromatic N) is 4. The Bertz CT molecular complexity index is 1270. The van der Waals surface area contributed by atoms with Crippen molar-refractivity contribution < 1.29 is 9.59 Å². The Kier molecular flexibility index (Phi) is 6.26. The number of rotatable bonds is 3. The summed E-state index contributed by atoms with van der Waals surface area (Å²) in [5.41, 5.74) is 4.19. The Morgan fingerprint density at radius 1 is 0.917 bits per heavy atom. The second kappa shape index (κ2) is 9.39. The van der Waals surface area contributed by atoms with Gasteiger partial charge in [0.1, 0.15) is 5.82 Å². The molecular formula is C29H33N5O2. The van der Waals surface area contributed by atoms with Crippen LogP contribution in [0.15, 0.2) is 66.9 Å². The van der Waals surface area contributed by atoms with Gasteiger partial charge in [-0.25, -0.2) is 4.98 Å². The summed E-state index contributed by atoms with van der Waals surface area (Å²) >= 11 is 0. The van der Waals surface area contributed by atoms with Crippen molar-refractivity contribution >= 4 is 29.0 Å². The highest BCUT2D eigenvalue weighted by atomic mass is 16.2. The van der Waals surface area contributed by atoms with Gasteiger partial charge < -0.3 is 15.1 Å². The molecule has 0 saturated carbocycles. The van der Waals surface area contributed by atoms with E-state index in [2.05, 4.69) is 38.3 Å². The summed E-state index contributed by atoms with van der Waals surface area (Å²) in [6.45, 7) is 9.01. The van der Waals surface area contributed by atoms with E-state index in [-0.39, 0.29) is 17.9 Å². The first-order valence-electron chi connectivity index (χ1n) is 12.5. The van der Waals surface area contributed by atoms with E-state index < -0.39 is 5.41 Å². The van der Waals surface area contributed by atoms with Crippen LogP contribution < -0.4 is 15.1 Å². The molecular weight excluding hydrogens is 450 g/mol. The van der Waals surface area contributed by atoms with E-state index in [4.69, 9.17) is 0 Å². The molecule has 3 heterocycles. The molecule has 2 aliphatic rings. The zero-order valence-corrected chi connectivity index (χ0v) is 21.4. The smallest absolute Gasteiger partial charge is 0.258 e. The summed E-state index contributed by atoms with van der Waals surface area (Å²) in [4.78, 5) is 36.7. The molecule has 7 heteroatoms. The van der Waals surface area contributed by atoms with Gasteiger partial charge >= 0.3 is 0 Å². The number of benzene rings is 2. The molecule has 0 spiro atoms. The highest BCUT2D eigenvalue weighted by Gasteiger charge is 2.35. The number of hydrogen-bond donors (Lipinski definition) is 1. The molecule has 1 aromatic heterocycles. The monoisotopic (exact) mass is 483 g/mol. The van der Waals surface area contributed by atoms with Gasteiger partial charge in [-0.05, 0) is 35.4 Å². The summed E-state index contributed by atoms with van der Waals surface area (Å²) in [5, 5.41) is 2.93. The van der Waals surface area contributed by atoms with Crippen LogP contribution in [0, 0.1) is 5.41 Å². The molecule has 0 radical (unpaired) electrons. The molecule has 0 bridgehead atoms. The van der Waals surface area contributed by atoms with Gasteiger partial charge in [0.25, 0.3) is 5.91 Å². The number of amides is 2. The molecule has 0 aliphatic carbocycles. The topological polar surface area (TPSA) is 68.8 Å². The van der Waals surface area contributed by atoms with Gasteiger partial charge in [0, 0.05) is 49.9 Å². The maximum Gasteiger partial charge on any atom is 0.258 e. The molecule has 2 aliphatic heterocycles. The van der Waals surface area contributed by atoms with Crippen molar-refractivity contribution in [1.29, 1.82) is 0 Å². The number of pyridine rings is 1. The maximum atomic E-state index is 13.3. The van der Waals surface area contributed by atoms with E-state index in [1.54, 1.807) is 11.1 Å². The molecule has 5 rings (SSSR count). The fraction of sp³-hybridized carbons (Fsp3) is 0.345. The summed E-state index contributed by atoms with van der Waals surface area (Å²) in [5.74, 6) is 0.903. The van der Waals surface area contributed by atoms with Crippen LogP contribution in [0.3, 0.4) is 0 Å². The Balaban J connectivity index is 1.35. The number of anilines is 3. The number of para-hydroxylation sites is 1. The number of aromatic nitrogens is 1. The van der Waals surface area contributed by atoms with Crippen molar-refractivity contribution in [1.82, 2.24) is 9.88 Å². The lowest BCUT2D eigenvalue weighted by atomic mass is 9.93. The van der Waals surface area contributed by atoms with Crippen molar-refractivity contribution in [3.8, 4) is 0 Å². The van der Waals surface area contributed by atoms with E-state index in [9.17, 15) is 9.59 Å². The SMILES string of the molecule is CN1C(=O)c2ccccc2C(N2CCN(c3ccc(NC(=O)C(C)(C)C)cn3)CC2)c2ccccc21. The summed E-state index contributed by atoms with van der Waals surface area (Å²) in [6, 6.07) is 20.1. The zero-order valence-electron chi connectivity index (χ0n) is 21.4. The Morgan fingerprint density at radius 3 is 2.25 bits per heavy atom. The van der Waals surface area contributed by atoms with Gasteiger partial charge in [0.05, 0.1) is 17.9 Å². The second-order valence-corrected chi connectivity index (χ2v) is 10.5. The van der Waals surface area contributed by atoms with E-state index in [0.29, 0.717) is 5.69 Å². The van der Waals surface area contributed by atoms with Gasteiger partial charge in [-0.2, -0.15) is 0 Å². The minimum atomic E-state index is -0.455. The molecule has 1 saturated heterocycles. The third-order valence-corrected chi connectivity index (χ3v) is 7.07. The Hall–Kier alpha value is -3.71. The van der Waals surface area contributed by atoms with E-state index >= 15 is 0 Å². The van der Waals surface area contributed by atoms with Crippen molar-refractivity contribution in [2.24, 2.45) is 5.41 Å². The van der Waals surface area contributed by atoms with Crippen LogP contribution in [0.5, 0.6) is 0 Å². The molecule has 7 nitrogen and oxygen atoms in total. The zero-order chi connectivity index (χ0) is 25.4. The minimum absolute atomic E-state index is 0.0106. The summed E-state index contributed by atoms with van der Waals surface area (Å²) in [7, 11) is 1.86. The molecule has 2 amide bonds. The molecule has 3 aromatic rings. The van der Waals surface area contributed by atoms with Crippen LogP contribution in [0.1, 0.15) is 48.3 Å². The highest BCUT2D eigenvalue weighted by Crippen LogP contribution is 2.40. The lowest BCUT2D eigenvalue weighted by Crippen LogP contribution is -2.48. The Labute approximate surface area is 212 Å².